The molecule has 3 nitrogen and oxygen atoms in total. The number of rotatable bonds is 4. The van der Waals surface area contributed by atoms with Crippen LogP contribution in [-0.2, 0) is 14.3 Å². The molecule has 0 heterocycles. The van der Waals surface area contributed by atoms with Gasteiger partial charge in [0.25, 0.3) is 0 Å². The van der Waals surface area contributed by atoms with Crippen molar-refractivity contribution < 1.29 is 14.3 Å². The van der Waals surface area contributed by atoms with Gasteiger partial charge in [0.05, 0.1) is 13.0 Å². The van der Waals surface area contributed by atoms with Gasteiger partial charge in [-0.2, -0.15) is 0 Å². The Morgan fingerprint density at radius 2 is 2.33 bits per heavy atom. The first kappa shape index (κ1) is 8.72. The van der Waals surface area contributed by atoms with Crippen molar-refractivity contribution in [2.75, 3.05) is 19.8 Å². The molecule has 9 heavy (non-hydrogen) atoms. The summed E-state index contributed by atoms with van der Waals surface area (Å²) in [7, 11) is 1.52. The van der Waals surface area contributed by atoms with E-state index in [9.17, 15) is 4.79 Å². The van der Waals surface area contributed by atoms with Crippen molar-refractivity contribution in [3.8, 4) is 0 Å². The van der Waals surface area contributed by atoms with Gasteiger partial charge in [0, 0.05) is 7.11 Å². The van der Waals surface area contributed by atoms with E-state index in [1.165, 1.54) is 7.11 Å². The Morgan fingerprint density at radius 1 is 1.67 bits per heavy atom. The minimum Gasteiger partial charge on any atom is -0.449 e. The molecule has 0 aromatic rings. The molecule has 0 amide bonds. The standard InChI is InChI=1S/C5H9ClO3/c1-8-3-2-5(7)9-4-6/h2-4H2,1H3. The van der Waals surface area contributed by atoms with Crippen molar-refractivity contribution >= 4 is 17.6 Å². The number of hydrogen-bond acceptors (Lipinski definition) is 3. The molecule has 0 fully saturated rings. The molecule has 4 heteroatoms. The fourth-order valence-corrected chi connectivity index (χ4v) is 0.440. The van der Waals surface area contributed by atoms with Crippen molar-refractivity contribution in [2.24, 2.45) is 0 Å². The molecule has 0 saturated heterocycles. The monoisotopic (exact) mass is 152 g/mol. The highest BCUT2D eigenvalue weighted by Gasteiger charge is 1.98. The number of carbonyl (C=O) groups excluding carboxylic acids is 1. The molecule has 0 spiro atoms. The van der Waals surface area contributed by atoms with Crippen molar-refractivity contribution in [3.63, 3.8) is 0 Å². The van der Waals surface area contributed by atoms with Crippen LogP contribution in [-0.4, -0.2) is 25.8 Å². The van der Waals surface area contributed by atoms with Crippen LogP contribution in [0.5, 0.6) is 0 Å². The van der Waals surface area contributed by atoms with Crippen LogP contribution >= 0.6 is 11.6 Å². The van der Waals surface area contributed by atoms with E-state index in [2.05, 4.69) is 9.47 Å². The molecule has 0 saturated carbocycles. The van der Waals surface area contributed by atoms with Crippen molar-refractivity contribution in [3.05, 3.63) is 0 Å². The SMILES string of the molecule is COCCC(=O)OCCl. The first-order valence-corrected chi connectivity index (χ1v) is 3.05. The zero-order chi connectivity index (χ0) is 7.11. The molecule has 0 aliphatic heterocycles. The number of esters is 1. The van der Waals surface area contributed by atoms with Gasteiger partial charge < -0.3 is 9.47 Å². The number of methoxy groups -OCH3 is 1. The van der Waals surface area contributed by atoms with E-state index in [-0.39, 0.29) is 18.5 Å². The zero-order valence-corrected chi connectivity index (χ0v) is 5.98. The third kappa shape index (κ3) is 5.59. The van der Waals surface area contributed by atoms with E-state index in [1.54, 1.807) is 0 Å². The maximum atomic E-state index is 10.4. The van der Waals surface area contributed by atoms with E-state index in [0.29, 0.717) is 6.61 Å². The topological polar surface area (TPSA) is 35.5 Å². The largest absolute Gasteiger partial charge is 0.449 e. The Bertz CT molecular complexity index is 84.3. The molecule has 54 valence electrons. The average Bonchev–Trinajstić information content (AvgIpc) is 1.85. The van der Waals surface area contributed by atoms with Gasteiger partial charge in [0.1, 0.15) is 0 Å². The molecule has 0 rings (SSSR count). The van der Waals surface area contributed by atoms with E-state index in [0.717, 1.165) is 0 Å². The number of halogens is 1. The first-order chi connectivity index (χ1) is 4.31. The number of ether oxygens (including phenoxy) is 2. The molecule has 0 N–H and O–H groups in total. The van der Waals surface area contributed by atoms with E-state index in [1.807, 2.05) is 0 Å². The van der Waals surface area contributed by atoms with Gasteiger partial charge >= 0.3 is 5.97 Å². The fourth-order valence-electron chi connectivity index (χ4n) is 0.318. The highest BCUT2D eigenvalue weighted by Crippen LogP contribution is 1.87. The summed E-state index contributed by atoms with van der Waals surface area (Å²) in [5.74, 6) is -0.327. The predicted molar refractivity (Wildman–Crippen MR) is 33.3 cm³/mol. The van der Waals surface area contributed by atoms with Gasteiger partial charge in [-0.05, 0) is 0 Å². The van der Waals surface area contributed by atoms with E-state index >= 15 is 0 Å². The molecule has 0 aliphatic rings. The zero-order valence-electron chi connectivity index (χ0n) is 5.22. The van der Waals surface area contributed by atoms with Gasteiger partial charge in [-0.3, -0.25) is 4.79 Å². The summed E-state index contributed by atoms with van der Waals surface area (Å²) in [5, 5.41) is 0. The van der Waals surface area contributed by atoms with E-state index in [4.69, 9.17) is 11.6 Å². The van der Waals surface area contributed by atoms with Crippen LogP contribution in [0.15, 0.2) is 0 Å². The Morgan fingerprint density at radius 3 is 2.78 bits per heavy atom. The molecule has 0 unspecified atom stereocenters. The maximum absolute atomic E-state index is 10.4. The summed E-state index contributed by atoms with van der Waals surface area (Å²) in [6.45, 7) is 0.385. The Hall–Kier alpha value is -0.280. The smallest absolute Gasteiger partial charge is 0.309 e. The van der Waals surface area contributed by atoms with Gasteiger partial charge in [-0.1, -0.05) is 11.6 Å². The lowest BCUT2D eigenvalue weighted by Crippen LogP contribution is -2.05. The van der Waals surface area contributed by atoms with Crippen LogP contribution in [0, 0.1) is 0 Å². The summed E-state index contributed by atoms with van der Waals surface area (Å²) in [6.07, 6.45) is 0.267. The maximum Gasteiger partial charge on any atom is 0.309 e. The second-order valence-corrected chi connectivity index (χ2v) is 1.59. The normalized spacial score (nSPS) is 9.11. The van der Waals surface area contributed by atoms with Crippen LogP contribution in [0.25, 0.3) is 0 Å². The van der Waals surface area contributed by atoms with E-state index < -0.39 is 0 Å². The van der Waals surface area contributed by atoms with Crippen LogP contribution in [0.3, 0.4) is 0 Å². The van der Waals surface area contributed by atoms with Crippen molar-refractivity contribution in [1.29, 1.82) is 0 Å². The molecule has 0 aromatic carbocycles. The lowest BCUT2D eigenvalue weighted by molar-refractivity contribution is -0.142. The van der Waals surface area contributed by atoms with Crippen LogP contribution < -0.4 is 0 Å². The van der Waals surface area contributed by atoms with Gasteiger partial charge in [-0.15, -0.1) is 0 Å². The Balaban J connectivity index is 3.06. The summed E-state index contributed by atoms with van der Waals surface area (Å²) in [4.78, 5) is 10.4. The molecule has 0 aromatic heterocycles. The Labute approximate surface area is 58.9 Å². The molecule has 0 bridgehead atoms. The highest BCUT2D eigenvalue weighted by molar-refractivity contribution is 6.17. The summed E-state index contributed by atoms with van der Waals surface area (Å²) < 4.78 is 9.01. The highest BCUT2D eigenvalue weighted by atomic mass is 35.5. The quantitative estimate of drug-likeness (QED) is 0.441. The summed E-state index contributed by atoms with van der Waals surface area (Å²) >= 11 is 5.09. The number of carbonyl (C=O) groups is 1. The Kier molecular flexibility index (Phi) is 5.67. The van der Waals surface area contributed by atoms with Gasteiger partial charge in [-0.25, -0.2) is 0 Å². The van der Waals surface area contributed by atoms with Crippen molar-refractivity contribution in [1.82, 2.24) is 0 Å². The third-order valence-corrected chi connectivity index (χ3v) is 0.835. The fraction of sp³-hybridized carbons (Fsp3) is 0.800. The van der Waals surface area contributed by atoms with Crippen LogP contribution in [0.1, 0.15) is 6.42 Å². The first-order valence-electron chi connectivity index (χ1n) is 2.51. The molecule has 0 atom stereocenters. The van der Waals surface area contributed by atoms with Crippen molar-refractivity contribution in [2.45, 2.75) is 6.42 Å². The van der Waals surface area contributed by atoms with Gasteiger partial charge in [0.15, 0.2) is 6.07 Å². The number of alkyl halides is 1. The summed E-state index contributed by atoms with van der Waals surface area (Å²) in [6, 6.07) is -0.0808. The number of hydrogen-bond donors (Lipinski definition) is 0. The summed E-state index contributed by atoms with van der Waals surface area (Å²) in [5.41, 5.74) is 0. The van der Waals surface area contributed by atoms with Crippen LogP contribution in [0.2, 0.25) is 0 Å². The molecular formula is C5H9ClO3. The third-order valence-electron chi connectivity index (χ3n) is 0.726. The van der Waals surface area contributed by atoms with Gasteiger partial charge in [0.2, 0.25) is 0 Å². The minimum absolute atomic E-state index is 0.0808. The second-order valence-electron chi connectivity index (χ2n) is 1.37. The minimum atomic E-state index is -0.327. The molecule has 0 radical (unpaired) electrons. The lowest BCUT2D eigenvalue weighted by atomic mass is 10.5. The average molecular weight is 153 g/mol. The predicted octanol–water partition coefficient (Wildman–Crippen LogP) is 0.762. The lowest BCUT2D eigenvalue weighted by Gasteiger charge is -1.97. The molecular weight excluding hydrogens is 144 g/mol. The molecule has 0 aliphatic carbocycles. The second kappa shape index (κ2) is 5.85. The van der Waals surface area contributed by atoms with Crippen LogP contribution in [0.4, 0.5) is 0 Å².